The van der Waals surface area contributed by atoms with E-state index in [1.807, 2.05) is 24.3 Å². The van der Waals surface area contributed by atoms with Crippen LogP contribution >= 0.6 is 22.9 Å². The van der Waals surface area contributed by atoms with Crippen LogP contribution in [-0.2, 0) is 13.6 Å². The lowest BCUT2D eigenvalue weighted by atomic mass is 10.2. The minimum absolute atomic E-state index is 0.216. The molecule has 0 aliphatic carbocycles. The summed E-state index contributed by atoms with van der Waals surface area (Å²) in [5.41, 5.74) is 1.71. The molecule has 0 saturated carbocycles. The second kappa shape index (κ2) is 6.86. The van der Waals surface area contributed by atoms with Crippen molar-refractivity contribution >= 4 is 44.2 Å². The second-order valence-corrected chi connectivity index (χ2v) is 7.17. The average Bonchev–Trinajstić information content (AvgIpc) is 3.25. The van der Waals surface area contributed by atoms with Crippen molar-refractivity contribution in [2.45, 2.75) is 6.54 Å². The Bertz CT molecular complexity index is 1080. The molecule has 0 fully saturated rings. The highest BCUT2D eigenvalue weighted by Crippen LogP contribution is 2.32. The van der Waals surface area contributed by atoms with Crippen LogP contribution in [0.5, 0.6) is 0 Å². The molecule has 0 bridgehead atoms. The van der Waals surface area contributed by atoms with E-state index in [-0.39, 0.29) is 5.91 Å². The van der Waals surface area contributed by atoms with Crippen LogP contribution in [0.1, 0.15) is 16.2 Å². The van der Waals surface area contributed by atoms with Gasteiger partial charge in [0, 0.05) is 36.9 Å². The van der Waals surface area contributed by atoms with Gasteiger partial charge in [0.15, 0.2) is 11.0 Å². The number of carbonyl (C=O) groups is 1. The smallest absolute Gasteiger partial charge is 0.296 e. The number of amides is 1. The third-order valence-electron chi connectivity index (χ3n) is 3.89. The molecule has 0 radical (unpaired) electrons. The van der Waals surface area contributed by atoms with Crippen LogP contribution < -0.4 is 4.90 Å². The minimum atomic E-state index is -0.216. The van der Waals surface area contributed by atoms with E-state index in [4.69, 9.17) is 11.6 Å². The number of carbonyl (C=O) groups excluding carboxylic acids is 1. The number of benzene rings is 1. The van der Waals surface area contributed by atoms with Crippen LogP contribution in [0.25, 0.3) is 10.2 Å². The molecule has 0 aliphatic rings. The van der Waals surface area contributed by atoms with Crippen LogP contribution in [0.2, 0.25) is 5.02 Å². The van der Waals surface area contributed by atoms with Crippen molar-refractivity contribution in [2.75, 3.05) is 4.90 Å². The first-order valence-corrected chi connectivity index (χ1v) is 9.05. The molecule has 8 heteroatoms. The number of halogens is 1. The van der Waals surface area contributed by atoms with E-state index in [1.165, 1.54) is 11.3 Å². The normalized spacial score (nSPS) is 11.0. The van der Waals surface area contributed by atoms with Gasteiger partial charge >= 0.3 is 0 Å². The number of hydrogen-bond acceptors (Lipinski definition) is 5. The fourth-order valence-electron chi connectivity index (χ4n) is 2.59. The van der Waals surface area contributed by atoms with Crippen molar-refractivity contribution in [3.8, 4) is 0 Å². The number of aromatic nitrogens is 4. The number of pyridine rings is 1. The molecular weight excluding hydrogens is 370 g/mol. The van der Waals surface area contributed by atoms with E-state index in [0.29, 0.717) is 22.5 Å². The van der Waals surface area contributed by atoms with Crippen LogP contribution in [0.15, 0.2) is 55.1 Å². The number of fused-ring (bicyclic) bond motifs is 1. The zero-order valence-corrected chi connectivity index (χ0v) is 15.4. The van der Waals surface area contributed by atoms with E-state index in [0.717, 1.165) is 15.8 Å². The number of nitrogens with zero attached hydrogens (tertiary/aromatic N) is 5. The highest BCUT2D eigenvalue weighted by molar-refractivity contribution is 7.22. The standard InChI is InChI=1S/C18H14ClN5OS/c1-23-8-7-21-16(23)17(25)24(11-12-3-2-6-20-10-12)18-22-14-5-4-13(19)9-15(14)26-18/h2-10H,11H2,1H3. The van der Waals surface area contributed by atoms with E-state index < -0.39 is 0 Å². The molecule has 130 valence electrons. The van der Waals surface area contributed by atoms with Gasteiger partial charge < -0.3 is 4.57 Å². The van der Waals surface area contributed by atoms with Crippen molar-refractivity contribution in [2.24, 2.45) is 7.05 Å². The zero-order valence-electron chi connectivity index (χ0n) is 13.8. The summed E-state index contributed by atoms with van der Waals surface area (Å²) < 4.78 is 2.62. The Morgan fingerprint density at radius 3 is 2.92 bits per heavy atom. The number of aryl methyl sites for hydroxylation is 1. The molecule has 4 rings (SSSR count). The first-order valence-electron chi connectivity index (χ1n) is 7.86. The Balaban J connectivity index is 1.78. The summed E-state index contributed by atoms with van der Waals surface area (Å²) in [6.07, 6.45) is 6.79. The maximum atomic E-state index is 13.1. The summed E-state index contributed by atoms with van der Waals surface area (Å²) in [6, 6.07) is 9.27. The number of hydrogen-bond donors (Lipinski definition) is 0. The summed E-state index contributed by atoms with van der Waals surface area (Å²) in [5, 5.41) is 1.24. The summed E-state index contributed by atoms with van der Waals surface area (Å²) in [5.74, 6) is 0.137. The Morgan fingerprint density at radius 2 is 2.19 bits per heavy atom. The second-order valence-electron chi connectivity index (χ2n) is 5.72. The third-order valence-corrected chi connectivity index (χ3v) is 5.17. The summed E-state index contributed by atoms with van der Waals surface area (Å²) >= 11 is 7.50. The van der Waals surface area contributed by atoms with E-state index >= 15 is 0 Å². The van der Waals surface area contributed by atoms with Crippen molar-refractivity contribution in [3.63, 3.8) is 0 Å². The SMILES string of the molecule is Cn1ccnc1C(=O)N(Cc1cccnc1)c1nc2ccc(Cl)cc2s1. The van der Waals surface area contributed by atoms with Crippen LogP contribution in [0.4, 0.5) is 5.13 Å². The van der Waals surface area contributed by atoms with Crippen LogP contribution in [0, 0.1) is 0 Å². The van der Waals surface area contributed by atoms with Crippen LogP contribution in [-0.4, -0.2) is 25.4 Å². The van der Waals surface area contributed by atoms with E-state index in [1.54, 1.807) is 47.4 Å². The maximum absolute atomic E-state index is 13.1. The Labute approximate surface area is 158 Å². The van der Waals surface area contributed by atoms with Gasteiger partial charge in [-0.3, -0.25) is 14.7 Å². The van der Waals surface area contributed by atoms with Gasteiger partial charge in [0.05, 0.1) is 16.8 Å². The van der Waals surface area contributed by atoms with Gasteiger partial charge in [-0.05, 0) is 29.8 Å². The highest BCUT2D eigenvalue weighted by Gasteiger charge is 2.24. The molecule has 0 N–H and O–H groups in total. The lowest BCUT2D eigenvalue weighted by Crippen LogP contribution is -2.32. The molecule has 4 aromatic rings. The van der Waals surface area contributed by atoms with E-state index in [9.17, 15) is 4.79 Å². The van der Waals surface area contributed by atoms with Crippen molar-refractivity contribution < 1.29 is 4.79 Å². The number of rotatable bonds is 4. The summed E-state index contributed by atoms with van der Waals surface area (Å²) in [4.78, 5) is 27.7. The van der Waals surface area contributed by atoms with Gasteiger partial charge in [0.25, 0.3) is 5.91 Å². The average molecular weight is 384 g/mol. The predicted molar refractivity (Wildman–Crippen MR) is 103 cm³/mol. The first-order chi connectivity index (χ1) is 12.6. The maximum Gasteiger partial charge on any atom is 0.296 e. The summed E-state index contributed by atoms with van der Waals surface area (Å²) in [6.45, 7) is 0.354. The van der Waals surface area contributed by atoms with Gasteiger partial charge in [-0.1, -0.05) is 29.0 Å². The molecule has 3 aromatic heterocycles. The molecule has 26 heavy (non-hydrogen) atoms. The number of imidazole rings is 1. The Morgan fingerprint density at radius 1 is 1.31 bits per heavy atom. The predicted octanol–water partition coefficient (Wildman–Crippen LogP) is 3.93. The summed E-state index contributed by atoms with van der Waals surface area (Å²) in [7, 11) is 1.79. The van der Waals surface area contributed by atoms with E-state index in [2.05, 4.69) is 15.0 Å². The number of thiazole rings is 1. The molecule has 6 nitrogen and oxygen atoms in total. The Hall–Kier alpha value is -2.77. The van der Waals surface area contributed by atoms with Gasteiger partial charge in [0.2, 0.25) is 0 Å². The molecule has 1 amide bonds. The molecule has 0 saturated heterocycles. The van der Waals surface area contributed by atoms with Gasteiger partial charge in [0.1, 0.15) is 0 Å². The molecule has 0 spiro atoms. The first kappa shape index (κ1) is 16.7. The van der Waals surface area contributed by atoms with Crippen molar-refractivity contribution in [1.82, 2.24) is 19.5 Å². The fourth-order valence-corrected chi connectivity index (χ4v) is 3.83. The number of anilines is 1. The van der Waals surface area contributed by atoms with Gasteiger partial charge in [-0.25, -0.2) is 9.97 Å². The topological polar surface area (TPSA) is 63.9 Å². The third kappa shape index (κ3) is 3.18. The van der Waals surface area contributed by atoms with Gasteiger partial charge in [-0.15, -0.1) is 0 Å². The largest absolute Gasteiger partial charge is 0.330 e. The van der Waals surface area contributed by atoms with Crippen molar-refractivity contribution in [1.29, 1.82) is 0 Å². The molecule has 0 atom stereocenters. The van der Waals surface area contributed by atoms with Crippen LogP contribution in [0.3, 0.4) is 0 Å². The fraction of sp³-hybridized carbons (Fsp3) is 0.111. The molecular formula is C18H14ClN5OS. The minimum Gasteiger partial charge on any atom is -0.330 e. The quantitative estimate of drug-likeness (QED) is 0.535. The monoisotopic (exact) mass is 383 g/mol. The Kier molecular flexibility index (Phi) is 4.40. The molecule has 0 unspecified atom stereocenters. The van der Waals surface area contributed by atoms with Crippen molar-refractivity contribution in [3.05, 3.63) is 71.5 Å². The zero-order chi connectivity index (χ0) is 18.1. The molecule has 0 aliphatic heterocycles. The highest BCUT2D eigenvalue weighted by atomic mass is 35.5. The lowest BCUT2D eigenvalue weighted by molar-refractivity contribution is 0.0972. The molecule has 3 heterocycles. The molecule has 1 aromatic carbocycles. The van der Waals surface area contributed by atoms with Gasteiger partial charge in [-0.2, -0.15) is 0 Å². The lowest BCUT2D eigenvalue weighted by Gasteiger charge is -2.19.